The number of hydrogen-bond acceptors (Lipinski definition) is 4. The molecule has 2 rings (SSSR count). The van der Waals surface area contributed by atoms with Gasteiger partial charge in [-0.15, -0.1) is 0 Å². The Bertz CT molecular complexity index is 583. The highest BCUT2D eigenvalue weighted by Crippen LogP contribution is 2.15. The van der Waals surface area contributed by atoms with Crippen molar-refractivity contribution < 1.29 is 0 Å². The summed E-state index contributed by atoms with van der Waals surface area (Å²) in [6.45, 7) is 1.88. The van der Waals surface area contributed by atoms with Crippen molar-refractivity contribution in [3.63, 3.8) is 0 Å². The standard InChI is InChI=1S/C12H11IN4S/c1-7-6-10(11(14)18)17-12(15-7)16-9-4-2-8(13)3-5-9/h2-6H,1H3,(H2,14,18)(H,15,16,17). The van der Waals surface area contributed by atoms with Crippen molar-refractivity contribution in [3.05, 3.63) is 45.3 Å². The van der Waals surface area contributed by atoms with Crippen LogP contribution in [0, 0.1) is 10.5 Å². The first-order valence-corrected chi connectivity index (χ1v) is 6.71. The Hall–Kier alpha value is -1.28. The molecular weight excluding hydrogens is 359 g/mol. The Balaban J connectivity index is 2.28. The smallest absolute Gasteiger partial charge is 0.228 e. The molecule has 0 saturated heterocycles. The van der Waals surface area contributed by atoms with Gasteiger partial charge in [0.05, 0.1) is 0 Å². The van der Waals surface area contributed by atoms with Crippen molar-refractivity contribution in [1.29, 1.82) is 0 Å². The molecule has 0 aliphatic rings. The summed E-state index contributed by atoms with van der Waals surface area (Å²) < 4.78 is 1.17. The maximum atomic E-state index is 5.58. The summed E-state index contributed by atoms with van der Waals surface area (Å²) in [6.07, 6.45) is 0. The zero-order chi connectivity index (χ0) is 13.1. The minimum atomic E-state index is 0.270. The van der Waals surface area contributed by atoms with Crippen LogP contribution in [0.3, 0.4) is 0 Å². The molecule has 4 nitrogen and oxygen atoms in total. The molecule has 2 aromatic rings. The molecule has 0 amide bonds. The van der Waals surface area contributed by atoms with Crippen LogP contribution >= 0.6 is 34.8 Å². The first kappa shape index (κ1) is 13.2. The fourth-order valence-corrected chi connectivity index (χ4v) is 1.88. The summed E-state index contributed by atoms with van der Waals surface area (Å²) in [5.74, 6) is 0.499. The van der Waals surface area contributed by atoms with E-state index < -0.39 is 0 Å². The average molecular weight is 370 g/mol. The number of halogens is 1. The highest BCUT2D eigenvalue weighted by atomic mass is 127. The van der Waals surface area contributed by atoms with Gasteiger partial charge in [0, 0.05) is 15.0 Å². The molecule has 3 N–H and O–H groups in total. The predicted molar refractivity (Wildman–Crippen MR) is 85.1 cm³/mol. The van der Waals surface area contributed by atoms with E-state index in [2.05, 4.69) is 37.9 Å². The van der Waals surface area contributed by atoms with E-state index >= 15 is 0 Å². The van der Waals surface area contributed by atoms with Crippen molar-refractivity contribution in [3.8, 4) is 0 Å². The molecular formula is C12H11IN4S. The summed E-state index contributed by atoms with van der Waals surface area (Å²) in [5, 5.41) is 3.13. The van der Waals surface area contributed by atoms with Gasteiger partial charge in [0.15, 0.2) is 0 Å². The highest BCUT2D eigenvalue weighted by Gasteiger charge is 2.04. The van der Waals surface area contributed by atoms with Gasteiger partial charge >= 0.3 is 0 Å². The van der Waals surface area contributed by atoms with Crippen molar-refractivity contribution in [2.24, 2.45) is 5.73 Å². The van der Waals surface area contributed by atoms with E-state index in [-0.39, 0.29) is 4.99 Å². The third kappa shape index (κ3) is 3.36. The molecule has 1 heterocycles. The van der Waals surface area contributed by atoms with E-state index in [1.807, 2.05) is 31.2 Å². The predicted octanol–water partition coefficient (Wildman–Crippen LogP) is 2.77. The lowest BCUT2D eigenvalue weighted by atomic mass is 10.3. The van der Waals surface area contributed by atoms with Gasteiger partial charge in [-0.1, -0.05) is 12.2 Å². The number of anilines is 2. The van der Waals surface area contributed by atoms with Crippen LogP contribution in [-0.4, -0.2) is 15.0 Å². The Labute approximate surface area is 124 Å². The first-order valence-electron chi connectivity index (χ1n) is 5.22. The van der Waals surface area contributed by atoms with Crippen LogP contribution in [0.1, 0.15) is 11.4 Å². The van der Waals surface area contributed by atoms with Gasteiger partial charge in [0.1, 0.15) is 10.7 Å². The SMILES string of the molecule is Cc1cc(C(N)=S)nc(Nc2ccc(I)cc2)n1. The van der Waals surface area contributed by atoms with Crippen LogP contribution in [0.2, 0.25) is 0 Å². The molecule has 1 aromatic carbocycles. The van der Waals surface area contributed by atoms with E-state index in [1.165, 1.54) is 3.57 Å². The lowest BCUT2D eigenvalue weighted by Gasteiger charge is -2.07. The van der Waals surface area contributed by atoms with Gasteiger partial charge in [0.2, 0.25) is 5.95 Å². The summed E-state index contributed by atoms with van der Waals surface area (Å²) in [5.41, 5.74) is 7.90. The molecule has 1 aromatic heterocycles. The molecule has 0 aliphatic heterocycles. The Morgan fingerprint density at radius 1 is 1.28 bits per heavy atom. The summed E-state index contributed by atoms with van der Waals surface area (Å²) in [4.78, 5) is 8.82. The summed E-state index contributed by atoms with van der Waals surface area (Å²) in [6, 6.07) is 9.71. The molecule has 0 bridgehead atoms. The van der Waals surface area contributed by atoms with Gasteiger partial charge in [-0.2, -0.15) is 0 Å². The minimum absolute atomic E-state index is 0.270. The van der Waals surface area contributed by atoms with E-state index in [1.54, 1.807) is 6.07 Å². The Kier molecular flexibility index (Phi) is 4.07. The van der Waals surface area contributed by atoms with Crippen LogP contribution in [0.4, 0.5) is 11.6 Å². The molecule has 6 heteroatoms. The number of rotatable bonds is 3. The third-order valence-electron chi connectivity index (χ3n) is 2.21. The van der Waals surface area contributed by atoms with E-state index in [9.17, 15) is 0 Å². The van der Waals surface area contributed by atoms with Gasteiger partial charge in [-0.3, -0.25) is 0 Å². The molecule has 0 saturated carbocycles. The fraction of sp³-hybridized carbons (Fsp3) is 0.0833. The topological polar surface area (TPSA) is 63.8 Å². The van der Waals surface area contributed by atoms with Crippen LogP contribution in [0.15, 0.2) is 30.3 Å². The second-order valence-electron chi connectivity index (χ2n) is 3.71. The molecule has 0 unspecified atom stereocenters. The second kappa shape index (κ2) is 5.57. The van der Waals surface area contributed by atoms with Gasteiger partial charge in [-0.05, 0) is 59.8 Å². The van der Waals surface area contributed by atoms with E-state index in [0.717, 1.165) is 11.4 Å². The van der Waals surface area contributed by atoms with Crippen molar-refractivity contribution in [2.45, 2.75) is 6.92 Å². The molecule has 0 spiro atoms. The lowest BCUT2D eigenvalue weighted by Crippen LogP contribution is -2.13. The normalized spacial score (nSPS) is 10.1. The van der Waals surface area contributed by atoms with Crippen LogP contribution < -0.4 is 11.1 Å². The number of nitrogens with one attached hydrogen (secondary N) is 1. The van der Waals surface area contributed by atoms with Crippen LogP contribution in [0.25, 0.3) is 0 Å². The van der Waals surface area contributed by atoms with Crippen molar-refractivity contribution in [1.82, 2.24) is 9.97 Å². The molecule has 0 radical (unpaired) electrons. The Morgan fingerprint density at radius 3 is 2.56 bits per heavy atom. The number of nitrogens with two attached hydrogens (primary N) is 1. The van der Waals surface area contributed by atoms with E-state index in [4.69, 9.17) is 18.0 Å². The molecule has 18 heavy (non-hydrogen) atoms. The van der Waals surface area contributed by atoms with Crippen LogP contribution in [-0.2, 0) is 0 Å². The van der Waals surface area contributed by atoms with Crippen molar-refractivity contribution in [2.75, 3.05) is 5.32 Å². The van der Waals surface area contributed by atoms with Gasteiger partial charge < -0.3 is 11.1 Å². The van der Waals surface area contributed by atoms with Gasteiger partial charge in [0.25, 0.3) is 0 Å². The Morgan fingerprint density at radius 2 is 1.94 bits per heavy atom. The largest absolute Gasteiger partial charge is 0.388 e. The molecule has 0 aliphatic carbocycles. The molecule has 0 fully saturated rings. The minimum Gasteiger partial charge on any atom is -0.388 e. The monoisotopic (exact) mass is 370 g/mol. The molecule has 92 valence electrons. The quantitative estimate of drug-likeness (QED) is 0.643. The number of benzene rings is 1. The zero-order valence-electron chi connectivity index (χ0n) is 9.64. The second-order valence-corrected chi connectivity index (χ2v) is 5.40. The summed E-state index contributed by atoms with van der Waals surface area (Å²) in [7, 11) is 0. The number of aryl methyl sites for hydroxylation is 1. The fourth-order valence-electron chi connectivity index (χ4n) is 1.41. The summed E-state index contributed by atoms with van der Waals surface area (Å²) >= 11 is 7.18. The number of thiocarbonyl (C=S) groups is 1. The van der Waals surface area contributed by atoms with Gasteiger partial charge in [-0.25, -0.2) is 9.97 Å². The molecule has 0 atom stereocenters. The van der Waals surface area contributed by atoms with Crippen LogP contribution in [0.5, 0.6) is 0 Å². The number of nitrogens with zero attached hydrogens (tertiary/aromatic N) is 2. The maximum absolute atomic E-state index is 5.58. The lowest BCUT2D eigenvalue weighted by molar-refractivity contribution is 1.09. The highest BCUT2D eigenvalue weighted by molar-refractivity contribution is 14.1. The first-order chi connectivity index (χ1) is 8.54. The average Bonchev–Trinajstić information content (AvgIpc) is 2.31. The third-order valence-corrected chi connectivity index (χ3v) is 3.14. The number of aromatic nitrogens is 2. The van der Waals surface area contributed by atoms with Crippen molar-refractivity contribution >= 4 is 51.4 Å². The zero-order valence-corrected chi connectivity index (χ0v) is 12.6. The number of hydrogen-bond donors (Lipinski definition) is 2. The van der Waals surface area contributed by atoms with E-state index in [0.29, 0.717) is 11.6 Å². The maximum Gasteiger partial charge on any atom is 0.228 e.